The standard InChI is InChI=1S/C15H30BrNO/c1-4-8-15(12-16,9-5-2)13-17-10-6-14(18-3)7-11-17/h14H,4-13H2,1-3H3. The Morgan fingerprint density at radius 3 is 2.11 bits per heavy atom. The minimum Gasteiger partial charge on any atom is -0.381 e. The van der Waals surface area contributed by atoms with Gasteiger partial charge in [-0.05, 0) is 31.1 Å². The molecule has 1 heterocycles. The fourth-order valence-corrected chi connectivity index (χ4v) is 4.04. The summed E-state index contributed by atoms with van der Waals surface area (Å²) in [4.78, 5) is 2.65. The number of likely N-dealkylation sites (tertiary alicyclic amines) is 1. The van der Waals surface area contributed by atoms with Crippen LogP contribution in [-0.2, 0) is 4.74 Å². The molecule has 1 saturated heterocycles. The molecule has 108 valence electrons. The molecular formula is C15H30BrNO. The van der Waals surface area contributed by atoms with E-state index in [1.807, 2.05) is 7.11 Å². The van der Waals surface area contributed by atoms with E-state index in [4.69, 9.17) is 4.74 Å². The summed E-state index contributed by atoms with van der Waals surface area (Å²) in [6.45, 7) is 8.30. The first-order chi connectivity index (χ1) is 8.69. The van der Waals surface area contributed by atoms with Crippen molar-refractivity contribution >= 4 is 15.9 Å². The molecule has 1 aliphatic rings. The second-order valence-corrected chi connectivity index (χ2v) is 6.41. The number of halogens is 1. The van der Waals surface area contributed by atoms with Gasteiger partial charge >= 0.3 is 0 Å². The van der Waals surface area contributed by atoms with Gasteiger partial charge in [0.1, 0.15) is 0 Å². The topological polar surface area (TPSA) is 12.5 Å². The highest BCUT2D eigenvalue weighted by atomic mass is 79.9. The number of methoxy groups -OCH3 is 1. The predicted molar refractivity (Wildman–Crippen MR) is 82.5 cm³/mol. The Morgan fingerprint density at radius 2 is 1.72 bits per heavy atom. The van der Waals surface area contributed by atoms with Crippen LogP contribution < -0.4 is 0 Å². The van der Waals surface area contributed by atoms with Gasteiger partial charge in [0.25, 0.3) is 0 Å². The normalized spacial score (nSPS) is 19.3. The van der Waals surface area contributed by atoms with Crippen molar-refractivity contribution in [2.45, 2.75) is 58.5 Å². The van der Waals surface area contributed by atoms with Crippen LogP contribution in [0.1, 0.15) is 52.4 Å². The summed E-state index contributed by atoms with van der Waals surface area (Å²) in [5, 5.41) is 1.14. The lowest BCUT2D eigenvalue weighted by atomic mass is 9.80. The maximum absolute atomic E-state index is 5.45. The summed E-state index contributed by atoms with van der Waals surface area (Å²) in [5.74, 6) is 0. The van der Waals surface area contributed by atoms with Crippen LogP contribution in [0.3, 0.4) is 0 Å². The zero-order valence-corrected chi connectivity index (χ0v) is 14.0. The molecule has 0 bridgehead atoms. The lowest BCUT2D eigenvalue weighted by Crippen LogP contribution is -2.44. The molecule has 1 fully saturated rings. The average molecular weight is 320 g/mol. The average Bonchev–Trinajstić information content (AvgIpc) is 2.40. The largest absolute Gasteiger partial charge is 0.381 e. The lowest BCUT2D eigenvalue weighted by molar-refractivity contribution is 0.0263. The molecular weight excluding hydrogens is 290 g/mol. The smallest absolute Gasteiger partial charge is 0.0595 e. The highest BCUT2D eigenvalue weighted by molar-refractivity contribution is 9.09. The van der Waals surface area contributed by atoms with Crippen molar-refractivity contribution < 1.29 is 4.74 Å². The van der Waals surface area contributed by atoms with Gasteiger partial charge < -0.3 is 9.64 Å². The Kier molecular flexibility index (Phi) is 7.81. The number of ether oxygens (including phenoxy) is 1. The van der Waals surface area contributed by atoms with Gasteiger partial charge in [0.15, 0.2) is 0 Å². The molecule has 0 aromatic rings. The lowest BCUT2D eigenvalue weighted by Gasteiger charge is -2.40. The van der Waals surface area contributed by atoms with E-state index in [2.05, 4.69) is 34.7 Å². The van der Waals surface area contributed by atoms with E-state index in [9.17, 15) is 0 Å². The zero-order valence-electron chi connectivity index (χ0n) is 12.4. The van der Waals surface area contributed by atoms with E-state index in [0.717, 1.165) is 5.33 Å². The first-order valence-electron chi connectivity index (χ1n) is 7.50. The van der Waals surface area contributed by atoms with Crippen LogP contribution in [0.5, 0.6) is 0 Å². The number of nitrogens with zero attached hydrogens (tertiary/aromatic N) is 1. The molecule has 0 radical (unpaired) electrons. The van der Waals surface area contributed by atoms with Gasteiger partial charge in [0, 0.05) is 32.1 Å². The molecule has 18 heavy (non-hydrogen) atoms. The van der Waals surface area contributed by atoms with Crippen LogP contribution in [-0.4, -0.2) is 43.1 Å². The molecule has 0 amide bonds. The van der Waals surface area contributed by atoms with Gasteiger partial charge in [-0.3, -0.25) is 0 Å². The molecule has 0 spiro atoms. The number of alkyl halides is 1. The summed E-state index contributed by atoms with van der Waals surface area (Å²) >= 11 is 3.78. The summed E-state index contributed by atoms with van der Waals surface area (Å²) in [6.07, 6.45) is 8.17. The molecule has 1 aliphatic heterocycles. The quantitative estimate of drug-likeness (QED) is 0.625. The van der Waals surface area contributed by atoms with E-state index in [0.29, 0.717) is 11.5 Å². The Bertz CT molecular complexity index is 209. The van der Waals surface area contributed by atoms with E-state index < -0.39 is 0 Å². The van der Waals surface area contributed by atoms with Crippen molar-refractivity contribution in [2.24, 2.45) is 5.41 Å². The number of piperidine rings is 1. The molecule has 0 atom stereocenters. The zero-order chi connectivity index (χ0) is 13.4. The Balaban J connectivity index is 2.50. The van der Waals surface area contributed by atoms with Crippen LogP contribution in [0.2, 0.25) is 0 Å². The summed E-state index contributed by atoms with van der Waals surface area (Å²) in [5.41, 5.74) is 0.489. The van der Waals surface area contributed by atoms with Gasteiger partial charge in [-0.1, -0.05) is 42.6 Å². The molecule has 1 rings (SSSR count). The first-order valence-corrected chi connectivity index (χ1v) is 8.63. The summed E-state index contributed by atoms with van der Waals surface area (Å²) < 4.78 is 5.45. The van der Waals surface area contributed by atoms with E-state index >= 15 is 0 Å². The van der Waals surface area contributed by atoms with Crippen LogP contribution in [0.25, 0.3) is 0 Å². The van der Waals surface area contributed by atoms with E-state index in [-0.39, 0.29) is 0 Å². The third kappa shape index (κ3) is 4.82. The minimum absolute atomic E-state index is 0.489. The molecule has 0 unspecified atom stereocenters. The van der Waals surface area contributed by atoms with Crippen molar-refractivity contribution in [3.63, 3.8) is 0 Å². The summed E-state index contributed by atoms with van der Waals surface area (Å²) in [6, 6.07) is 0. The third-order valence-corrected chi connectivity index (χ3v) is 5.46. The van der Waals surface area contributed by atoms with Crippen molar-refractivity contribution in [2.75, 3.05) is 32.1 Å². The second-order valence-electron chi connectivity index (χ2n) is 5.84. The molecule has 0 N–H and O–H groups in total. The third-order valence-electron chi connectivity index (χ3n) is 4.27. The highest BCUT2D eigenvalue weighted by Gasteiger charge is 2.31. The van der Waals surface area contributed by atoms with Gasteiger partial charge in [-0.15, -0.1) is 0 Å². The molecule has 3 heteroatoms. The van der Waals surface area contributed by atoms with E-state index in [1.54, 1.807) is 0 Å². The second kappa shape index (κ2) is 8.55. The van der Waals surface area contributed by atoms with Crippen molar-refractivity contribution in [1.82, 2.24) is 4.90 Å². The number of rotatable bonds is 8. The maximum atomic E-state index is 5.45. The maximum Gasteiger partial charge on any atom is 0.0595 e. The molecule has 2 nitrogen and oxygen atoms in total. The monoisotopic (exact) mass is 319 g/mol. The molecule has 0 aliphatic carbocycles. The van der Waals surface area contributed by atoms with Crippen LogP contribution >= 0.6 is 15.9 Å². The number of hydrogen-bond acceptors (Lipinski definition) is 2. The minimum atomic E-state index is 0.489. The Morgan fingerprint density at radius 1 is 1.17 bits per heavy atom. The van der Waals surface area contributed by atoms with Crippen molar-refractivity contribution in [3.05, 3.63) is 0 Å². The molecule has 0 saturated carbocycles. The fourth-order valence-electron chi connectivity index (χ4n) is 3.30. The first kappa shape index (κ1) is 16.5. The highest BCUT2D eigenvalue weighted by Crippen LogP contribution is 2.34. The van der Waals surface area contributed by atoms with Gasteiger partial charge in [0.2, 0.25) is 0 Å². The molecule has 0 aromatic carbocycles. The predicted octanol–water partition coefficient (Wildman–Crippen LogP) is 4.08. The van der Waals surface area contributed by atoms with Gasteiger partial charge in [0.05, 0.1) is 6.10 Å². The van der Waals surface area contributed by atoms with Gasteiger partial charge in [-0.2, -0.15) is 0 Å². The van der Waals surface area contributed by atoms with Crippen molar-refractivity contribution in [3.8, 4) is 0 Å². The van der Waals surface area contributed by atoms with Crippen LogP contribution in [0.15, 0.2) is 0 Å². The van der Waals surface area contributed by atoms with E-state index in [1.165, 1.54) is 58.2 Å². The SMILES string of the molecule is CCCC(CBr)(CCC)CN1CCC(OC)CC1. The summed E-state index contributed by atoms with van der Waals surface area (Å²) in [7, 11) is 1.84. The van der Waals surface area contributed by atoms with Crippen molar-refractivity contribution in [1.29, 1.82) is 0 Å². The Labute approximate surface area is 122 Å². The van der Waals surface area contributed by atoms with Gasteiger partial charge in [-0.25, -0.2) is 0 Å². The Hall–Kier alpha value is 0.400. The number of hydrogen-bond donors (Lipinski definition) is 0. The fraction of sp³-hybridized carbons (Fsp3) is 1.00. The molecule has 0 aromatic heterocycles. The van der Waals surface area contributed by atoms with Crippen LogP contribution in [0.4, 0.5) is 0 Å². The van der Waals surface area contributed by atoms with Crippen LogP contribution in [0, 0.1) is 5.41 Å².